The second kappa shape index (κ2) is 14.7. The molecule has 0 saturated carbocycles. The molecule has 3 aliphatic heterocycles. The number of esters is 1. The maximum absolute atomic E-state index is 12.7. The summed E-state index contributed by atoms with van der Waals surface area (Å²) in [7, 11) is 0. The van der Waals surface area contributed by atoms with Crippen LogP contribution in [-0.4, -0.2) is 116 Å². The first-order chi connectivity index (χ1) is 23.9. The first-order valence-corrected chi connectivity index (χ1v) is 15.7. The van der Waals surface area contributed by atoms with Crippen LogP contribution in [-0.2, 0) is 23.7 Å². The van der Waals surface area contributed by atoms with E-state index >= 15 is 0 Å². The quantitative estimate of drug-likeness (QED) is 0.114. The average Bonchev–Trinajstić information content (AvgIpc) is 3.39. The number of phenols is 2. The van der Waals surface area contributed by atoms with Crippen LogP contribution in [0, 0.1) is 0 Å². The molecule has 3 aromatic rings. The third-order valence-electron chi connectivity index (χ3n) is 8.60. The maximum atomic E-state index is 12.7. The van der Waals surface area contributed by atoms with Crippen LogP contribution in [0.3, 0.4) is 0 Å². The largest absolute Gasteiger partial charge is 0.508 e. The van der Waals surface area contributed by atoms with Crippen molar-refractivity contribution < 1.29 is 73.8 Å². The van der Waals surface area contributed by atoms with Crippen LogP contribution < -0.4 is 9.47 Å². The van der Waals surface area contributed by atoms with Crippen molar-refractivity contribution in [2.75, 3.05) is 19.8 Å². The number of ether oxygens (including phenoxy) is 6. The molecule has 0 bridgehead atoms. The summed E-state index contributed by atoms with van der Waals surface area (Å²) in [5.74, 6) is -0.515. The zero-order chi connectivity index (χ0) is 35.6. The van der Waals surface area contributed by atoms with E-state index in [0.717, 1.165) is 6.08 Å². The molecule has 0 aliphatic carbocycles. The van der Waals surface area contributed by atoms with Crippen LogP contribution in [0.4, 0.5) is 0 Å². The fourth-order valence-corrected chi connectivity index (χ4v) is 5.74. The van der Waals surface area contributed by atoms with Crippen molar-refractivity contribution in [2.45, 2.75) is 61.2 Å². The zero-order valence-electron chi connectivity index (χ0n) is 26.3. The molecular weight excluding hydrogens is 660 g/mol. The Kier molecular flexibility index (Phi) is 10.4. The summed E-state index contributed by atoms with van der Waals surface area (Å²) in [5, 5.41) is 72.4. The standard InChI is InChI=1S/C35H36O15/c36-15-27-29(41)30(42)31(50-34-32(43)35(44,17-46-34)16-45-28(40)12-3-18-1-6-20(37)7-2-18)33(49-27)47-22-9-4-19(5-10-22)25-14-24(39)23-11-8-21(38)13-26(23)48-25/h1-13,25,27,29-34,36-38,41-44H,14-17H2/b12-3+/t25-,27?,29-,30+,31?,32-,33-,34+,35?/m1/s1. The number of carbonyl (C=O) groups excluding carboxylic acids is 2. The first kappa shape index (κ1) is 35.3. The third kappa shape index (κ3) is 7.60. The lowest BCUT2D eigenvalue weighted by Gasteiger charge is -2.42. The van der Waals surface area contributed by atoms with Crippen LogP contribution in [0.15, 0.2) is 72.8 Å². The van der Waals surface area contributed by atoms with Crippen molar-refractivity contribution in [3.63, 3.8) is 0 Å². The van der Waals surface area contributed by atoms with Gasteiger partial charge in [0.2, 0.25) is 6.29 Å². The van der Waals surface area contributed by atoms with E-state index in [-0.39, 0.29) is 35.2 Å². The van der Waals surface area contributed by atoms with E-state index in [4.69, 9.17) is 28.4 Å². The van der Waals surface area contributed by atoms with Gasteiger partial charge < -0.3 is 64.2 Å². The number of aliphatic hydroxyl groups is 5. The molecule has 0 amide bonds. The minimum absolute atomic E-state index is 0.0436. The zero-order valence-corrected chi connectivity index (χ0v) is 26.3. The number of aliphatic hydroxyl groups excluding tert-OH is 4. The minimum atomic E-state index is -2.10. The van der Waals surface area contributed by atoms with Crippen molar-refractivity contribution >= 4 is 17.8 Å². The topological polar surface area (TPSA) is 231 Å². The van der Waals surface area contributed by atoms with Gasteiger partial charge in [0.05, 0.1) is 25.2 Å². The summed E-state index contributed by atoms with van der Waals surface area (Å²) in [6.45, 7) is -1.88. The van der Waals surface area contributed by atoms with Gasteiger partial charge in [-0.05, 0) is 53.6 Å². The predicted molar refractivity (Wildman–Crippen MR) is 169 cm³/mol. The number of fused-ring (bicyclic) bond motifs is 1. The van der Waals surface area contributed by atoms with Crippen molar-refractivity contribution in [3.05, 3.63) is 89.5 Å². The molecule has 0 aromatic heterocycles. The van der Waals surface area contributed by atoms with E-state index in [1.165, 1.54) is 48.5 Å². The van der Waals surface area contributed by atoms with Crippen LogP contribution in [0.1, 0.15) is 34.0 Å². The highest BCUT2D eigenvalue weighted by atomic mass is 16.8. The average molecular weight is 697 g/mol. The van der Waals surface area contributed by atoms with Gasteiger partial charge in [-0.25, -0.2) is 4.79 Å². The first-order valence-electron chi connectivity index (χ1n) is 15.7. The molecule has 50 heavy (non-hydrogen) atoms. The Morgan fingerprint density at radius 2 is 1.66 bits per heavy atom. The summed E-state index contributed by atoms with van der Waals surface area (Å²) in [4.78, 5) is 24.9. The summed E-state index contributed by atoms with van der Waals surface area (Å²) in [5.41, 5.74) is -0.508. The van der Waals surface area contributed by atoms with E-state index in [1.54, 1.807) is 24.3 Å². The number of rotatable bonds is 10. The molecule has 7 N–H and O–H groups in total. The second-order valence-electron chi connectivity index (χ2n) is 12.2. The molecule has 15 heteroatoms. The summed E-state index contributed by atoms with van der Waals surface area (Å²) >= 11 is 0. The van der Waals surface area contributed by atoms with E-state index in [2.05, 4.69) is 0 Å². The van der Waals surface area contributed by atoms with Gasteiger partial charge in [-0.3, -0.25) is 4.79 Å². The Bertz CT molecular complexity index is 1690. The number of Topliss-reactive ketones (excluding diaryl/α,β-unsaturated/α-hetero) is 1. The second-order valence-corrected chi connectivity index (χ2v) is 12.2. The lowest BCUT2D eigenvalue weighted by atomic mass is 9.96. The molecule has 2 saturated heterocycles. The Balaban J connectivity index is 1.10. The highest BCUT2D eigenvalue weighted by molar-refractivity contribution is 6.00. The van der Waals surface area contributed by atoms with Crippen molar-refractivity contribution in [3.8, 4) is 23.0 Å². The smallest absolute Gasteiger partial charge is 0.330 e. The van der Waals surface area contributed by atoms with Gasteiger partial charge in [0, 0.05) is 12.1 Å². The number of carbonyl (C=O) groups is 2. The van der Waals surface area contributed by atoms with Crippen LogP contribution in [0.25, 0.3) is 6.08 Å². The SMILES string of the molecule is O=C(/C=C/c1ccc(O)cc1)OCC1(O)CO[C@@H](OC2[C@H](Oc3ccc([C@H]4CC(=O)c5ccc(O)cc5O4)cc3)OC(CO)[C@@H](O)[C@@H]2O)[C@H]1O. The molecule has 15 nitrogen and oxygen atoms in total. The highest BCUT2D eigenvalue weighted by Gasteiger charge is 2.54. The van der Waals surface area contributed by atoms with E-state index in [0.29, 0.717) is 16.7 Å². The number of ketones is 1. The van der Waals surface area contributed by atoms with Gasteiger partial charge in [0.1, 0.15) is 60.1 Å². The molecule has 9 atom stereocenters. The molecule has 3 aliphatic rings. The number of aromatic hydroxyl groups is 2. The van der Waals surface area contributed by atoms with Gasteiger partial charge >= 0.3 is 5.97 Å². The van der Waals surface area contributed by atoms with Crippen molar-refractivity contribution in [1.29, 1.82) is 0 Å². The monoisotopic (exact) mass is 696 g/mol. The number of benzene rings is 3. The van der Waals surface area contributed by atoms with Crippen LogP contribution in [0.2, 0.25) is 0 Å². The Labute approximate surface area is 285 Å². The van der Waals surface area contributed by atoms with Gasteiger partial charge in [-0.15, -0.1) is 0 Å². The normalized spacial score (nSPS) is 30.9. The van der Waals surface area contributed by atoms with Crippen molar-refractivity contribution in [1.82, 2.24) is 0 Å². The molecule has 6 rings (SSSR count). The summed E-state index contributed by atoms with van der Waals surface area (Å²) in [6.07, 6.45) is -9.03. The Morgan fingerprint density at radius 3 is 2.38 bits per heavy atom. The summed E-state index contributed by atoms with van der Waals surface area (Å²) in [6, 6.07) is 16.6. The Morgan fingerprint density at radius 1 is 0.940 bits per heavy atom. The van der Waals surface area contributed by atoms with Gasteiger partial charge in [-0.1, -0.05) is 24.3 Å². The van der Waals surface area contributed by atoms with Crippen molar-refractivity contribution in [2.24, 2.45) is 0 Å². The number of hydrogen-bond acceptors (Lipinski definition) is 15. The maximum Gasteiger partial charge on any atom is 0.330 e. The molecule has 266 valence electrons. The summed E-state index contributed by atoms with van der Waals surface area (Å²) < 4.78 is 33.9. The van der Waals surface area contributed by atoms with E-state index in [1.807, 2.05) is 0 Å². The van der Waals surface area contributed by atoms with E-state index in [9.17, 15) is 45.3 Å². The predicted octanol–water partition coefficient (Wildman–Crippen LogP) is 0.712. The number of phenolic OH excluding ortho intramolecular Hbond substituents is 2. The van der Waals surface area contributed by atoms with Crippen LogP contribution >= 0.6 is 0 Å². The molecule has 3 aromatic carbocycles. The highest BCUT2D eigenvalue weighted by Crippen LogP contribution is 2.38. The van der Waals surface area contributed by atoms with Gasteiger partial charge in [-0.2, -0.15) is 0 Å². The molecule has 3 unspecified atom stereocenters. The molecule has 3 heterocycles. The molecule has 0 radical (unpaired) electrons. The molecule has 2 fully saturated rings. The lowest BCUT2D eigenvalue weighted by Crippen LogP contribution is -2.62. The molecule has 0 spiro atoms. The minimum Gasteiger partial charge on any atom is -0.508 e. The van der Waals surface area contributed by atoms with Crippen LogP contribution in [0.5, 0.6) is 23.0 Å². The number of hydrogen-bond donors (Lipinski definition) is 7. The fourth-order valence-electron chi connectivity index (χ4n) is 5.74. The van der Waals surface area contributed by atoms with Gasteiger partial charge in [0.25, 0.3) is 0 Å². The fraction of sp³-hybridized carbons (Fsp3) is 0.371. The third-order valence-corrected chi connectivity index (χ3v) is 8.60. The molecular formula is C35H36O15. The lowest BCUT2D eigenvalue weighted by molar-refractivity contribution is -0.318. The van der Waals surface area contributed by atoms with Gasteiger partial charge in [0.15, 0.2) is 23.8 Å². The van der Waals surface area contributed by atoms with E-state index < -0.39 is 80.6 Å². The Hall–Kier alpha value is -4.58.